The lowest BCUT2D eigenvalue weighted by atomic mass is 10.0. The minimum absolute atomic E-state index is 0.388. The van der Waals surface area contributed by atoms with Gasteiger partial charge in [-0.05, 0) is 30.9 Å². The van der Waals surface area contributed by atoms with Gasteiger partial charge in [-0.1, -0.05) is 24.3 Å². The number of hydrogen-bond donors (Lipinski definition) is 0. The van der Waals surface area contributed by atoms with Crippen molar-refractivity contribution in [3.63, 3.8) is 0 Å². The first-order valence-electron chi connectivity index (χ1n) is 5.99. The zero-order valence-corrected chi connectivity index (χ0v) is 9.82. The van der Waals surface area contributed by atoms with E-state index in [4.69, 9.17) is 5.26 Å². The Balaban J connectivity index is 2.05. The molecule has 1 aliphatic rings. The molecule has 0 spiro atoms. The van der Waals surface area contributed by atoms with E-state index >= 15 is 0 Å². The van der Waals surface area contributed by atoms with Crippen LogP contribution in [-0.2, 0) is 12.8 Å². The van der Waals surface area contributed by atoms with Crippen LogP contribution in [0.4, 0.5) is 0 Å². The molecule has 0 bridgehead atoms. The molecule has 0 fully saturated rings. The third kappa shape index (κ3) is 2.43. The maximum Gasteiger partial charge on any atom is 0.0638 e. The Morgan fingerprint density at radius 1 is 1.25 bits per heavy atom. The second-order valence-electron chi connectivity index (χ2n) is 4.52. The molecule has 16 heavy (non-hydrogen) atoms. The van der Waals surface area contributed by atoms with Crippen molar-refractivity contribution in [1.29, 1.82) is 5.26 Å². The Labute approximate surface area is 97.5 Å². The number of hydrogen-bond acceptors (Lipinski definition) is 2. The number of fused-ring (bicyclic) bond motifs is 1. The van der Waals surface area contributed by atoms with Crippen molar-refractivity contribution in [2.75, 3.05) is 13.1 Å². The van der Waals surface area contributed by atoms with Crippen LogP contribution in [0.5, 0.6) is 0 Å². The molecule has 0 radical (unpaired) electrons. The Morgan fingerprint density at radius 3 is 2.31 bits per heavy atom. The Bertz CT molecular complexity index is 365. The summed E-state index contributed by atoms with van der Waals surface area (Å²) in [6, 6.07) is 11.3. The Morgan fingerprint density at radius 2 is 1.81 bits per heavy atom. The fourth-order valence-electron chi connectivity index (χ4n) is 2.39. The topological polar surface area (TPSA) is 27.0 Å². The SMILES string of the molecule is CC(CC#N)N1CCc2ccccc2CC1. The van der Waals surface area contributed by atoms with E-state index in [1.807, 2.05) is 0 Å². The van der Waals surface area contributed by atoms with Crippen LogP contribution >= 0.6 is 0 Å². The highest BCUT2D eigenvalue weighted by Gasteiger charge is 2.17. The smallest absolute Gasteiger partial charge is 0.0638 e. The zero-order chi connectivity index (χ0) is 11.4. The zero-order valence-electron chi connectivity index (χ0n) is 9.82. The fourth-order valence-corrected chi connectivity index (χ4v) is 2.39. The van der Waals surface area contributed by atoms with Crippen LogP contribution < -0.4 is 0 Å². The summed E-state index contributed by atoms with van der Waals surface area (Å²) in [5, 5.41) is 8.73. The number of rotatable bonds is 2. The second-order valence-corrected chi connectivity index (χ2v) is 4.52. The summed E-state index contributed by atoms with van der Waals surface area (Å²) in [6.07, 6.45) is 2.87. The summed E-state index contributed by atoms with van der Waals surface area (Å²) in [6.45, 7) is 4.32. The highest BCUT2D eigenvalue weighted by Crippen LogP contribution is 2.17. The van der Waals surface area contributed by atoms with Gasteiger partial charge in [0.1, 0.15) is 0 Å². The summed E-state index contributed by atoms with van der Waals surface area (Å²) in [5.74, 6) is 0. The average Bonchev–Trinajstić information content (AvgIpc) is 2.51. The van der Waals surface area contributed by atoms with E-state index in [0.717, 1.165) is 25.9 Å². The minimum atomic E-state index is 0.388. The molecule has 0 aliphatic carbocycles. The molecule has 2 heteroatoms. The van der Waals surface area contributed by atoms with Crippen LogP contribution in [-0.4, -0.2) is 24.0 Å². The number of nitriles is 1. The van der Waals surface area contributed by atoms with Gasteiger partial charge in [0.15, 0.2) is 0 Å². The summed E-state index contributed by atoms with van der Waals surface area (Å²) >= 11 is 0. The van der Waals surface area contributed by atoms with Crippen LogP contribution in [0, 0.1) is 11.3 Å². The highest BCUT2D eigenvalue weighted by molar-refractivity contribution is 5.28. The normalized spacial score (nSPS) is 18.2. The summed E-state index contributed by atoms with van der Waals surface area (Å²) in [5.41, 5.74) is 2.96. The molecule has 0 aromatic heterocycles. The van der Waals surface area contributed by atoms with E-state index in [1.165, 1.54) is 11.1 Å². The fraction of sp³-hybridized carbons (Fsp3) is 0.500. The van der Waals surface area contributed by atoms with E-state index in [1.54, 1.807) is 0 Å². The lowest BCUT2D eigenvalue weighted by molar-refractivity contribution is 0.221. The largest absolute Gasteiger partial charge is 0.299 e. The standard InChI is InChI=1S/C14H18N2/c1-12(6-9-15)16-10-7-13-4-2-3-5-14(13)8-11-16/h2-5,12H,6-8,10-11H2,1H3. The summed E-state index contributed by atoms with van der Waals surface area (Å²) < 4.78 is 0. The minimum Gasteiger partial charge on any atom is -0.299 e. The molecule has 0 saturated heterocycles. The molecule has 2 rings (SSSR count). The maximum absolute atomic E-state index is 8.73. The molecule has 1 unspecified atom stereocenters. The third-order valence-corrected chi connectivity index (χ3v) is 3.47. The molecule has 0 amide bonds. The van der Waals surface area contributed by atoms with E-state index < -0.39 is 0 Å². The van der Waals surface area contributed by atoms with Crippen molar-refractivity contribution in [3.05, 3.63) is 35.4 Å². The molecule has 84 valence electrons. The molecule has 0 saturated carbocycles. The van der Waals surface area contributed by atoms with Crippen LogP contribution in [0.15, 0.2) is 24.3 Å². The molecule has 1 heterocycles. The molecule has 1 aromatic rings. The first-order chi connectivity index (χ1) is 7.81. The van der Waals surface area contributed by atoms with Crippen LogP contribution in [0.1, 0.15) is 24.5 Å². The van der Waals surface area contributed by atoms with Crippen molar-refractivity contribution < 1.29 is 0 Å². The van der Waals surface area contributed by atoms with Gasteiger partial charge in [0.25, 0.3) is 0 Å². The van der Waals surface area contributed by atoms with Gasteiger partial charge >= 0.3 is 0 Å². The van der Waals surface area contributed by atoms with E-state index in [2.05, 4.69) is 42.2 Å². The van der Waals surface area contributed by atoms with Gasteiger partial charge in [-0.3, -0.25) is 4.90 Å². The monoisotopic (exact) mass is 214 g/mol. The predicted molar refractivity (Wildman–Crippen MR) is 65.1 cm³/mol. The molecule has 2 nitrogen and oxygen atoms in total. The van der Waals surface area contributed by atoms with Gasteiger partial charge in [-0.15, -0.1) is 0 Å². The maximum atomic E-state index is 8.73. The molecule has 1 aliphatic heterocycles. The van der Waals surface area contributed by atoms with Gasteiger partial charge in [0.05, 0.1) is 12.5 Å². The molecule has 1 atom stereocenters. The number of nitrogens with zero attached hydrogens (tertiary/aromatic N) is 2. The van der Waals surface area contributed by atoms with Crippen molar-refractivity contribution in [3.8, 4) is 6.07 Å². The summed E-state index contributed by atoms with van der Waals surface area (Å²) in [7, 11) is 0. The van der Waals surface area contributed by atoms with Crippen molar-refractivity contribution in [2.45, 2.75) is 32.2 Å². The van der Waals surface area contributed by atoms with Crippen LogP contribution in [0.25, 0.3) is 0 Å². The molecular formula is C14H18N2. The van der Waals surface area contributed by atoms with Gasteiger partial charge in [0, 0.05) is 19.1 Å². The Kier molecular flexibility index (Phi) is 3.58. The molecular weight excluding hydrogens is 196 g/mol. The second kappa shape index (κ2) is 5.14. The van der Waals surface area contributed by atoms with E-state index in [-0.39, 0.29) is 0 Å². The highest BCUT2D eigenvalue weighted by atomic mass is 15.1. The van der Waals surface area contributed by atoms with E-state index in [9.17, 15) is 0 Å². The van der Waals surface area contributed by atoms with Gasteiger partial charge in [0.2, 0.25) is 0 Å². The van der Waals surface area contributed by atoms with Crippen molar-refractivity contribution in [1.82, 2.24) is 4.90 Å². The van der Waals surface area contributed by atoms with Gasteiger partial charge < -0.3 is 0 Å². The van der Waals surface area contributed by atoms with E-state index in [0.29, 0.717) is 12.5 Å². The molecule has 0 N–H and O–H groups in total. The first-order valence-corrected chi connectivity index (χ1v) is 5.99. The third-order valence-electron chi connectivity index (χ3n) is 3.47. The lowest BCUT2D eigenvalue weighted by Gasteiger charge is -2.25. The molecule has 1 aromatic carbocycles. The van der Waals surface area contributed by atoms with Crippen LogP contribution in [0.2, 0.25) is 0 Å². The first kappa shape index (κ1) is 11.2. The number of benzene rings is 1. The average molecular weight is 214 g/mol. The van der Waals surface area contributed by atoms with Crippen molar-refractivity contribution >= 4 is 0 Å². The quantitative estimate of drug-likeness (QED) is 0.756. The van der Waals surface area contributed by atoms with Gasteiger partial charge in [-0.25, -0.2) is 0 Å². The van der Waals surface area contributed by atoms with Crippen molar-refractivity contribution in [2.24, 2.45) is 0 Å². The van der Waals surface area contributed by atoms with Gasteiger partial charge in [-0.2, -0.15) is 5.26 Å². The van der Waals surface area contributed by atoms with Crippen LogP contribution in [0.3, 0.4) is 0 Å². The summed E-state index contributed by atoms with van der Waals surface area (Å²) in [4.78, 5) is 2.43. The lowest BCUT2D eigenvalue weighted by Crippen LogP contribution is -2.34. The Hall–Kier alpha value is -1.33. The predicted octanol–water partition coefficient (Wildman–Crippen LogP) is 2.39.